The summed E-state index contributed by atoms with van der Waals surface area (Å²) in [4.78, 5) is 20.0. The molecule has 202 valence electrons. The van der Waals surface area contributed by atoms with E-state index in [1.807, 2.05) is 24.6 Å². The molecule has 7 aromatic rings. The van der Waals surface area contributed by atoms with Crippen molar-refractivity contribution in [3.05, 3.63) is 133 Å². The summed E-state index contributed by atoms with van der Waals surface area (Å²) in [6.45, 7) is 2.24. The van der Waals surface area contributed by atoms with Gasteiger partial charge in [0.05, 0.1) is 27.8 Å². The largest absolute Gasteiger partial charge is 0.282 e. The first-order chi connectivity index (χ1) is 21.2. The Balaban J connectivity index is 1.34. The lowest BCUT2D eigenvalue weighted by Crippen LogP contribution is -2.26. The van der Waals surface area contributed by atoms with Crippen LogP contribution >= 0.6 is 0 Å². The highest BCUT2D eigenvalue weighted by atomic mass is 14.9. The van der Waals surface area contributed by atoms with Gasteiger partial charge in [-0.3, -0.25) is 9.98 Å². The van der Waals surface area contributed by atoms with Crippen LogP contribution in [-0.4, -0.2) is 21.2 Å². The van der Waals surface area contributed by atoms with Crippen molar-refractivity contribution >= 4 is 55.9 Å². The van der Waals surface area contributed by atoms with Crippen molar-refractivity contribution in [2.75, 3.05) is 0 Å². The van der Waals surface area contributed by atoms with E-state index in [4.69, 9.17) is 19.9 Å². The van der Waals surface area contributed by atoms with Crippen LogP contribution in [0.3, 0.4) is 0 Å². The maximum atomic E-state index is 5.21. The lowest BCUT2D eigenvalue weighted by Gasteiger charge is -2.36. The molecule has 0 amide bonds. The highest BCUT2D eigenvalue weighted by Crippen LogP contribution is 2.49. The Morgan fingerprint density at radius 2 is 1.42 bits per heavy atom. The van der Waals surface area contributed by atoms with Crippen LogP contribution in [0.15, 0.2) is 126 Å². The van der Waals surface area contributed by atoms with Crippen molar-refractivity contribution < 1.29 is 0 Å². The third kappa shape index (κ3) is 3.56. The second-order valence-electron chi connectivity index (χ2n) is 11.7. The van der Waals surface area contributed by atoms with Crippen LogP contribution < -0.4 is 0 Å². The number of benzene rings is 4. The summed E-state index contributed by atoms with van der Waals surface area (Å²) in [5.41, 5.74) is 10.5. The second-order valence-corrected chi connectivity index (χ2v) is 11.7. The number of para-hydroxylation sites is 2. The van der Waals surface area contributed by atoms with Crippen LogP contribution in [-0.2, 0) is 0 Å². The molecule has 0 bridgehead atoms. The average molecular weight is 551 g/mol. The standard InChI is InChI=1S/C39H26N4/c1-39-19-8-22-41-38(39)37-30(18-20-39)34(28-13-3-5-15-32(28)43-37)26-10-6-9-25(23-26)33-27-12-2-4-14-31(27)42-36-29(33)17-16-24-11-7-21-40-35(24)36/h2-23,38H,1H3/t38?,39-/m0/s1. The summed E-state index contributed by atoms with van der Waals surface area (Å²) in [7, 11) is 0. The van der Waals surface area contributed by atoms with E-state index in [0.29, 0.717) is 0 Å². The highest BCUT2D eigenvalue weighted by molar-refractivity contribution is 6.16. The molecule has 4 aromatic carbocycles. The fourth-order valence-corrected chi connectivity index (χ4v) is 6.98. The van der Waals surface area contributed by atoms with Crippen LogP contribution in [0, 0.1) is 5.41 Å². The minimum absolute atomic E-state index is 0.0575. The summed E-state index contributed by atoms with van der Waals surface area (Å²) in [5.74, 6) is 0. The zero-order valence-corrected chi connectivity index (χ0v) is 23.6. The van der Waals surface area contributed by atoms with E-state index >= 15 is 0 Å². The number of aliphatic imine (C=N–C) groups is 1. The van der Waals surface area contributed by atoms with Crippen LogP contribution in [0.2, 0.25) is 0 Å². The number of rotatable bonds is 2. The summed E-state index contributed by atoms with van der Waals surface area (Å²) in [5, 5.41) is 4.46. The van der Waals surface area contributed by atoms with Crippen LogP contribution in [0.4, 0.5) is 0 Å². The Labute approximate surface area is 248 Å². The van der Waals surface area contributed by atoms with Gasteiger partial charge in [0.25, 0.3) is 0 Å². The molecule has 43 heavy (non-hydrogen) atoms. The molecule has 0 N–H and O–H groups in total. The van der Waals surface area contributed by atoms with Gasteiger partial charge in [0.2, 0.25) is 0 Å². The second kappa shape index (κ2) is 9.01. The SMILES string of the molecule is C[C@@]12C=CC=NC1c1nc3ccccc3c(-c3cccc(-c4c5ccccc5nc5c4ccc4cccnc45)c3)c1C=C2. The highest BCUT2D eigenvalue weighted by Gasteiger charge is 2.38. The lowest BCUT2D eigenvalue weighted by atomic mass is 9.73. The topological polar surface area (TPSA) is 51.0 Å². The van der Waals surface area contributed by atoms with Gasteiger partial charge in [0.1, 0.15) is 6.04 Å². The van der Waals surface area contributed by atoms with Crippen LogP contribution in [0.25, 0.3) is 71.9 Å². The van der Waals surface area contributed by atoms with Gasteiger partial charge in [-0.25, -0.2) is 9.97 Å². The predicted octanol–water partition coefficient (Wildman–Crippen LogP) is 9.53. The smallest absolute Gasteiger partial charge is 0.105 e. The molecule has 4 heterocycles. The third-order valence-corrected chi connectivity index (χ3v) is 9.06. The number of dihydropyridines is 1. The van der Waals surface area contributed by atoms with Crippen molar-refractivity contribution in [2.45, 2.75) is 13.0 Å². The number of hydrogen-bond acceptors (Lipinski definition) is 4. The molecular formula is C39H26N4. The molecule has 0 saturated carbocycles. The van der Waals surface area contributed by atoms with E-state index in [-0.39, 0.29) is 11.5 Å². The summed E-state index contributed by atoms with van der Waals surface area (Å²) < 4.78 is 0. The zero-order chi connectivity index (χ0) is 28.5. The van der Waals surface area contributed by atoms with E-state index in [1.54, 1.807) is 0 Å². The van der Waals surface area contributed by atoms with E-state index < -0.39 is 0 Å². The molecular weight excluding hydrogens is 524 g/mol. The Hall–Kier alpha value is -5.48. The molecule has 0 spiro atoms. The first kappa shape index (κ1) is 24.2. The zero-order valence-electron chi connectivity index (χ0n) is 23.6. The maximum Gasteiger partial charge on any atom is 0.105 e. The molecule has 3 aromatic heterocycles. The lowest BCUT2D eigenvalue weighted by molar-refractivity contribution is 0.423. The summed E-state index contributed by atoms with van der Waals surface area (Å²) >= 11 is 0. The molecule has 1 aliphatic carbocycles. The maximum absolute atomic E-state index is 5.21. The van der Waals surface area contributed by atoms with Crippen molar-refractivity contribution in [1.29, 1.82) is 0 Å². The summed E-state index contributed by atoms with van der Waals surface area (Å²) in [6, 6.07) is 34.2. The molecule has 4 nitrogen and oxygen atoms in total. The van der Waals surface area contributed by atoms with E-state index in [1.165, 1.54) is 11.1 Å². The Morgan fingerprint density at radius 3 is 2.28 bits per heavy atom. The number of nitrogens with zero attached hydrogens (tertiary/aromatic N) is 4. The van der Waals surface area contributed by atoms with Gasteiger partial charge in [-0.15, -0.1) is 0 Å². The molecule has 2 atom stereocenters. The van der Waals surface area contributed by atoms with Crippen molar-refractivity contribution in [1.82, 2.24) is 15.0 Å². The Morgan fingerprint density at radius 1 is 0.651 bits per heavy atom. The number of hydrogen-bond donors (Lipinski definition) is 0. The van der Waals surface area contributed by atoms with Gasteiger partial charge in [0, 0.05) is 56.1 Å². The average Bonchev–Trinajstić information content (AvgIpc) is 3.06. The normalized spacial score (nSPS) is 18.9. The molecule has 0 fully saturated rings. The number of pyridine rings is 3. The van der Waals surface area contributed by atoms with Gasteiger partial charge in [-0.2, -0.15) is 0 Å². The van der Waals surface area contributed by atoms with Crippen molar-refractivity contribution in [3.8, 4) is 22.3 Å². The molecule has 1 unspecified atom stereocenters. The van der Waals surface area contributed by atoms with Crippen molar-refractivity contribution in [3.63, 3.8) is 0 Å². The summed E-state index contributed by atoms with van der Waals surface area (Å²) in [6.07, 6.45) is 12.6. The Kier molecular flexibility index (Phi) is 5.06. The Bertz CT molecular complexity index is 2380. The van der Waals surface area contributed by atoms with Crippen LogP contribution in [0.5, 0.6) is 0 Å². The fraction of sp³-hybridized carbons (Fsp3) is 0.0769. The van der Waals surface area contributed by atoms with Crippen LogP contribution in [0.1, 0.15) is 24.2 Å². The molecule has 0 radical (unpaired) electrons. The first-order valence-electron chi connectivity index (χ1n) is 14.7. The van der Waals surface area contributed by atoms with Gasteiger partial charge in [0.15, 0.2) is 0 Å². The molecule has 1 aliphatic heterocycles. The van der Waals surface area contributed by atoms with E-state index in [0.717, 1.165) is 66.0 Å². The quantitative estimate of drug-likeness (QED) is 0.159. The van der Waals surface area contributed by atoms with Gasteiger partial charge in [-0.05, 0) is 41.5 Å². The molecule has 0 saturated heterocycles. The van der Waals surface area contributed by atoms with Gasteiger partial charge in [-0.1, -0.05) is 97.9 Å². The number of fused-ring (bicyclic) bond motifs is 8. The van der Waals surface area contributed by atoms with E-state index in [2.05, 4.69) is 116 Å². The predicted molar refractivity (Wildman–Crippen MR) is 178 cm³/mol. The number of aromatic nitrogens is 3. The fourth-order valence-electron chi connectivity index (χ4n) is 6.98. The molecule has 4 heteroatoms. The first-order valence-corrected chi connectivity index (χ1v) is 14.7. The number of allylic oxidation sites excluding steroid dienone is 1. The van der Waals surface area contributed by atoms with Crippen molar-refractivity contribution in [2.24, 2.45) is 10.4 Å². The van der Waals surface area contributed by atoms with E-state index in [9.17, 15) is 0 Å². The molecule has 9 rings (SSSR count). The monoisotopic (exact) mass is 550 g/mol. The third-order valence-electron chi connectivity index (χ3n) is 9.06. The minimum Gasteiger partial charge on any atom is -0.282 e. The van der Waals surface area contributed by atoms with Gasteiger partial charge >= 0.3 is 0 Å². The molecule has 2 aliphatic rings. The van der Waals surface area contributed by atoms with Gasteiger partial charge < -0.3 is 0 Å². The minimum atomic E-state index is -0.192.